The molecular formula is C38H43F6N5O10S. The highest BCUT2D eigenvalue weighted by atomic mass is 32.2. The van der Waals surface area contributed by atoms with Crippen molar-refractivity contribution in [3.63, 3.8) is 0 Å². The van der Waals surface area contributed by atoms with Crippen LogP contribution in [0, 0.1) is 10.8 Å². The molecule has 0 saturated carbocycles. The predicted molar refractivity (Wildman–Crippen MR) is 205 cm³/mol. The van der Waals surface area contributed by atoms with E-state index in [1.54, 1.807) is 56.3 Å². The Balaban J connectivity index is 0.000000758. The summed E-state index contributed by atoms with van der Waals surface area (Å²) in [6, 6.07) is 19.9. The Hall–Kier alpha value is -6.16. The summed E-state index contributed by atoms with van der Waals surface area (Å²) >= 11 is 0. The van der Waals surface area contributed by atoms with E-state index in [1.807, 2.05) is 29.2 Å². The first kappa shape index (κ1) is 50.0. The van der Waals surface area contributed by atoms with Gasteiger partial charge in [0.05, 0.1) is 23.4 Å². The van der Waals surface area contributed by atoms with Gasteiger partial charge in [0, 0.05) is 37.6 Å². The smallest absolute Gasteiger partial charge is 0.490 e. The molecule has 15 nitrogen and oxygen atoms in total. The fourth-order valence-corrected chi connectivity index (χ4v) is 6.20. The quantitative estimate of drug-likeness (QED) is 0.0380. The van der Waals surface area contributed by atoms with E-state index >= 15 is 0 Å². The fourth-order valence-electron chi connectivity index (χ4n) is 4.98. The molecular weight excluding hydrogens is 832 g/mol. The number of nitrogens with one attached hydrogen (secondary N) is 3. The average Bonchev–Trinajstić information content (AvgIpc) is 3.17. The number of benzene rings is 3. The molecule has 0 bridgehead atoms. The predicted octanol–water partition coefficient (Wildman–Crippen LogP) is 5.62. The minimum absolute atomic E-state index is 0.0181. The van der Waals surface area contributed by atoms with Gasteiger partial charge in [-0.3, -0.25) is 10.8 Å². The molecule has 3 aromatic rings. The van der Waals surface area contributed by atoms with Crippen molar-refractivity contribution in [2.24, 2.45) is 5.73 Å². The number of amidine groups is 2. The number of alkyl halides is 6. The molecule has 7 N–H and O–H groups in total. The van der Waals surface area contributed by atoms with Crippen LogP contribution in [0.5, 0.6) is 11.5 Å². The zero-order chi connectivity index (χ0) is 45.3. The fraction of sp³-hybridized carbons (Fsp3) is 0.342. The van der Waals surface area contributed by atoms with Crippen molar-refractivity contribution < 1.29 is 73.6 Å². The number of carbonyl (C=O) groups excluding carboxylic acids is 1. The van der Waals surface area contributed by atoms with Gasteiger partial charge in [-0.2, -0.15) is 26.3 Å². The molecule has 0 aromatic heterocycles. The van der Waals surface area contributed by atoms with Crippen LogP contribution in [-0.2, 0) is 35.6 Å². The summed E-state index contributed by atoms with van der Waals surface area (Å²) in [5.74, 6) is -4.32. The van der Waals surface area contributed by atoms with Gasteiger partial charge in [0.25, 0.3) is 0 Å². The van der Waals surface area contributed by atoms with Gasteiger partial charge in [0.2, 0.25) is 10.0 Å². The Morgan fingerprint density at radius 3 is 1.95 bits per heavy atom. The van der Waals surface area contributed by atoms with E-state index in [-0.39, 0.29) is 30.0 Å². The van der Waals surface area contributed by atoms with Crippen molar-refractivity contribution in [3.05, 3.63) is 95.6 Å². The summed E-state index contributed by atoms with van der Waals surface area (Å²) in [5.41, 5.74) is 7.66. The topological polar surface area (TPSA) is 242 Å². The number of hydrogen-bond acceptors (Lipinski definition) is 10. The Morgan fingerprint density at radius 2 is 1.47 bits per heavy atom. The molecule has 3 aromatic carbocycles. The summed E-state index contributed by atoms with van der Waals surface area (Å²) in [4.78, 5) is 31.5. The lowest BCUT2D eigenvalue weighted by molar-refractivity contribution is -0.193. The third kappa shape index (κ3) is 18.2. The molecule has 1 heterocycles. The highest BCUT2D eigenvalue weighted by Gasteiger charge is 2.39. The van der Waals surface area contributed by atoms with Crippen LogP contribution in [0.25, 0.3) is 6.08 Å². The number of sulfonamides is 1. The van der Waals surface area contributed by atoms with Crippen LogP contribution in [0.4, 0.5) is 26.3 Å². The lowest BCUT2D eigenvalue weighted by atomic mass is 10.1. The number of esters is 1. The van der Waals surface area contributed by atoms with Gasteiger partial charge in [-0.1, -0.05) is 36.4 Å². The first-order chi connectivity index (χ1) is 27.9. The molecule has 1 aliphatic rings. The SMILES string of the molecule is CCOC(=O)/C=C/c1ccc(S(=O)(=O)N[C@H](COc2cccc(C(=N)N)c2)Cc2ccc(OC3CCN(C(C)=N)CC3)cc2)cc1.O=C(O)C(F)(F)F.O=C(O)C(F)(F)F. The van der Waals surface area contributed by atoms with E-state index in [0.717, 1.165) is 37.2 Å². The Kier molecular flexibility index (Phi) is 19.0. The monoisotopic (exact) mass is 875 g/mol. The van der Waals surface area contributed by atoms with Crippen molar-refractivity contribution >= 4 is 45.7 Å². The molecule has 0 unspecified atom stereocenters. The summed E-state index contributed by atoms with van der Waals surface area (Å²) in [6.07, 6.45) is -5.23. The highest BCUT2D eigenvalue weighted by Crippen LogP contribution is 2.22. The van der Waals surface area contributed by atoms with Crippen LogP contribution in [0.1, 0.15) is 43.4 Å². The zero-order valence-corrected chi connectivity index (χ0v) is 32.9. The first-order valence-electron chi connectivity index (χ1n) is 17.6. The molecule has 1 saturated heterocycles. The number of halogens is 6. The average molecular weight is 876 g/mol. The van der Waals surface area contributed by atoms with Gasteiger partial charge >= 0.3 is 30.3 Å². The number of nitrogens with two attached hydrogens (primary N) is 1. The molecule has 1 fully saturated rings. The van der Waals surface area contributed by atoms with Gasteiger partial charge in [-0.15, -0.1) is 0 Å². The van der Waals surface area contributed by atoms with Crippen molar-refractivity contribution in [2.45, 2.75) is 62.5 Å². The molecule has 0 aliphatic carbocycles. The summed E-state index contributed by atoms with van der Waals surface area (Å²) in [5, 5.41) is 29.8. The molecule has 1 aliphatic heterocycles. The number of rotatable bonds is 14. The third-order valence-electron chi connectivity index (χ3n) is 7.92. The normalized spacial score (nSPS) is 13.8. The van der Waals surface area contributed by atoms with Crippen molar-refractivity contribution in [3.8, 4) is 11.5 Å². The number of carboxylic acid groups (broad SMARTS) is 2. The number of aliphatic carboxylic acids is 2. The van der Waals surface area contributed by atoms with Crippen LogP contribution < -0.4 is 19.9 Å². The number of hydrogen-bond donors (Lipinski definition) is 6. The second-order valence-electron chi connectivity index (χ2n) is 12.6. The van der Waals surface area contributed by atoms with Gasteiger partial charge < -0.3 is 35.1 Å². The maximum atomic E-state index is 13.5. The number of carboxylic acids is 2. The second-order valence-corrected chi connectivity index (χ2v) is 14.3. The third-order valence-corrected chi connectivity index (χ3v) is 9.45. The lowest BCUT2D eigenvalue weighted by Crippen LogP contribution is -2.40. The number of ether oxygens (including phenoxy) is 3. The van der Waals surface area contributed by atoms with Crippen LogP contribution >= 0.6 is 0 Å². The zero-order valence-electron chi connectivity index (χ0n) is 32.0. The van der Waals surface area contributed by atoms with Crippen molar-refractivity contribution in [1.82, 2.24) is 9.62 Å². The van der Waals surface area contributed by atoms with Crippen LogP contribution in [0.3, 0.4) is 0 Å². The molecule has 0 amide bonds. The largest absolute Gasteiger partial charge is 0.492 e. The van der Waals surface area contributed by atoms with Gasteiger partial charge in [0.15, 0.2) is 0 Å². The van der Waals surface area contributed by atoms with E-state index in [4.69, 9.17) is 50.6 Å². The Labute approximate surface area is 340 Å². The van der Waals surface area contributed by atoms with Crippen molar-refractivity contribution in [2.75, 3.05) is 26.3 Å². The number of nitrogens with zero attached hydrogens (tertiary/aromatic N) is 1. The van der Waals surface area contributed by atoms with Gasteiger partial charge in [-0.25, -0.2) is 27.5 Å². The van der Waals surface area contributed by atoms with E-state index < -0.39 is 46.3 Å². The first-order valence-corrected chi connectivity index (χ1v) is 19.1. The number of piperidine rings is 1. The molecule has 4 rings (SSSR count). The lowest BCUT2D eigenvalue weighted by Gasteiger charge is -2.32. The minimum Gasteiger partial charge on any atom is -0.492 e. The number of likely N-dealkylation sites (tertiary alicyclic amines) is 1. The standard InChI is InChI=1S/C34H41N5O6S.2C2HF3O2/c1-3-43-33(40)16-11-25-9-14-32(15-10-25)46(41,42)38-28(23-44-31-6-4-5-27(22-31)34(36)37)21-26-7-12-29(13-8-26)45-30-17-19-39(20-18-30)24(2)35;2*3-2(4,5)1(6)7/h4-16,22,28,30,35,38H,3,17-21,23H2,1-2H3,(H3,36,37);2*(H,6,7)/b16-11+,35-24?;;/t28-;;/m0../s1. The second kappa shape index (κ2) is 22.8. The van der Waals surface area contributed by atoms with Gasteiger partial charge in [0.1, 0.15) is 30.0 Å². The molecule has 0 radical (unpaired) electrons. The van der Waals surface area contributed by atoms with E-state index in [2.05, 4.69) is 4.72 Å². The van der Waals surface area contributed by atoms with Crippen LogP contribution in [0.2, 0.25) is 0 Å². The van der Waals surface area contributed by atoms with E-state index in [1.165, 1.54) is 18.2 Å². The van der Waals surface area contributed by atoms with Crippen molar-refractivity contribution in [1.29, 1.82) is 10.8 Å². The van der Waals surface area contributed by atoms with Crippen LogP contribution in [0.15, 0.2) is 83.8 Å². The molecule has 60 heavy (non-hydrogen) atoms. The molecule has 1 atom stereocenters. The highest BCUT2D eigenvalue weighted by molar-refractivity contribution is 7.89. The molecule has 328 valence electrons. The molecule has 22 heteroatoms. The Bertz CT molecular complexity index is 2030. The summed E-state index contributed by atoms with van der Waals surface area (Å²) < 4.78 is 110. The maximum Gasteiger partial charge on any atom is 0.490 e. The van der Waals surface area contributed by atoms with Gasteiger partial charge in [-0.05, 0) is 73.9 Å². The van der Waals surface area contributed by atoms with E-state index in [9.17, 15) is 39.6 Å². The summed E-state index contributed by atoms with van der Waals surface area (Å²) in [7, 11) is -3.94. The van der Waals surface area contributed by atoms with Crippen LogP contribution in [-0.4, -0.2) is 104 Å². The number of nitrogen functional groups attached to an aromatic ring is 1. The minimum atomic E-state index is -5.08. The molecule has 0 spiro atoms. The summed E-state index contributed by atoms with van der Waals surface area (Å²) in [6.45, 7) is 5.39. The Morgan fingerprint density at radius 1 is 0.917 bits per heavy atom. The maximum absolute atomic E-state index is 13.5. The van der Waals surface area contributed by atoms with E-state index in [0.29, 0.717) is 29.1 Å². The number of carbonyl (C=O) groups is 3.